The van der Waals surface area contributed by atoms with Crippen LogP contribution in [0.2, 0.25) is 0 Å². The summed E-state index contributed by atoms with van der Waals surface area (Å²) in [6.07, 6.45) is 0. The molecule has 0 fully saturated rings. The van der Waals surface area contributed by atoms with E-state index < -0.39 is 28.7 Å². The minimum absolute atomic E-state index is 0.0244. The number of carbonyl (C=O) groups excluding carboxylic acids is 1. The summed E-state index contributed by atoms with van der Waals surface area (Å²) in [6.45, 7) is 1.77. The molecule has 0 spiro atoms. The van der Waals surface area contributed by atoms with Gasteiger partial charge in [0.15, 0.2) is 17.3 Å². The summed E-state index contributed by atoms with van der Waals surface area (Å²) in [4.78, 5) is 24.9. The monoisotopic (exact) mass is 385 g/mol. The van der Waals surface area contributed by atoms with E-state index in [1.165, 1.54) is 13.2 Å². The summed E-state index contributed by atoms with van der Waals surface area (Å²) >= 11 is 0. The molecule has 2 aromatic carbocycles. The fraction of sp³-hybridized carbons (Fsp3) is 0.150. The van der Waals surface area contributed by atoms with Crippen molar-refractivity contribution in [2.45, 2.75) is 13.0 Å². The average molecular weight is 385 g/mol. The SMILES string of the molecule is COc1cc(=O)c(C(=O)NC(C)c2ccccc2)nn1-c1ccc(F)c(F)c1. The number of halogens is 2. The van der Waals surface area contributed by atoms with Crippen molar-refractivity contribution in [3.63, 3.8) is 0 Å². The second kappa shape index (κ2) is 7.99. The molecule has 28 heavy (non-hydrogen) atoms. The fourth-order valence-electron chi connectivity index (χ4n) is 2.63. The molecule has 3 aromatic rings. The van der Waals surface area contributed by atoms with E-state index in [0.29, 0.717) is 0 Å². The summed E-state index contributed by atoms with van der Waals surface area (Å²) in [5.74, 6) is -2.84. The summed E-state index contributed by atoms with van der Waals surface area (Å²) in [6, 6.07) is 13.0. The smallest absolute Gasteiger partial charge is 0.276 e. The Morgan fingerprint density at radius 3 is 2.46 bits per heavy atom. The van der Waals surface area contributed by atoms with Gasteiger partial charge in [0.25, 0.3) is 5.91 Å². The van der Waals surface area contributed by atoms with Crippen LogP contribution in [0.1, 0.15) is 29.0 Å². The fourth-order valence-corrected chi connectivity index (χ4v) is 2.63. The number of methoxy groups -OCH3 is 1. The van der Waals surface area contributed by atoms with Crippen LogP contribution in [-0.2, 0) is 0 Å². The molecule has 0 bridgehead atoms. The molecular formula is C20H17F2N3O3. The topological polar surface area (TPSA) is 73.2 Å². The van der Waals surface area contributed by atoms with E-state index in [-0.39, 0.29) is 17.6 Å². The zero-order valence-electron chi connectivity index (χ0n) is 15.1. The lowest BCUT2D eigenvalue weighted by Crippen LogP contribution is -2.33. The number of aromatic nitrogens is 2. The van der Waals surface area contributed by atoms with Gasteiger partial charge in [-0.15, -0.1) is 0 Å². The number of amides is 1. The Bertz CT molecular complexity index is 1070. The molecule has 1 N–H and O–H groups in total. The average Bonchev–Trinajstić information content (AvgIpc) is 2.70. The molecule has 0 saturated heterocycles. The molecule has 1 heterocycles. The number of nitrogens with zero attached hydrogens (tertiary/aromatic N) is 2. The quantitative estimate of drug-likeness (QED) is 0.733. The van der Waals surface area contributed by atoms with Crippen LogP contribution in [0.4, 0.5) is 8.78 Å². The lowest BCUT2D eigenvalue weighted by molar-refractivity contribution is 0.0931. The summed E-state index contributed by atoms with van der Waals surface area (Å²) in [5, 5.41) is 6.71. The number of rotatable bonds is 5. The normalized spacial score (nSPS) is 11.7. The predicted octanol–water partition coefficient (Wildman–Crippen LogP) is 3.01. The van der Waals surface area contributed by atoms with Gasteiger partial charge in [-0.25, -0.2) is 13.5 Å². The van der Waals surface area contributed by atoms with Gasteiger partial charge in [-0.1, -0.05) is 30.3 Å². The van der Waals surface area contributed by atoms with Gasteiger partial charge >= 0.3 is 0 Å². The van der Waals surface area contributed by atoms with Gasteiger partial charge in [0.2, 0.25) is 11.3 Å². The first-order valence-corrected chi connectivity index (χ1v) is 8.40. The summed E-state index contributed by atoms with van der Waals surface area (Å²) in [7, 11) is 1.30. The molecule has 0 saturated carbocycles. The molecule has 0 aliphatic heterocycles. The van der Waals surface area contributed by atoms with Crippen LogP contribution in [0.15, 0.2) is 59.4 Å². The summed E-state index contributed by atoms with van der Waals surface area (Å²) in [5.41, 5.74) is -0.104. The molecule has 0 radical (unpaired) electrons. The first kappa shape index (κ1) is 19.2. The number of ether oxygens (including phenoxy) is 1. The molecule has 144 valence electrons. The van der Waals surface area contributed by atoms with Crippen LogP contribution in [0.3, 0.4) is 0 Å². The Labute approximate surface area is 159 Å². The maximum Gasteiger partial charge on any atom is 0.276 e. The molecule has 1 amide bonds. The third kappa shape index (κ3) is 3.90. The van der Waals surface area contributed by atoms with Crippen molar-refractivity contribution in [1.82, 2.24) is 15.1 Å². The first-order valence-electron chi connectivity index (χ1n) is 8.40. The lowest BCUT2D eigenvalue weighted by atomic mass is 10.1. The highest BCUT2D eigenvalue weighted by Crippen LogP contribution is 2.18. The van der Waals surface area contributed by atoms with Crippen molar-refractivity contribution in [3.05, 3.63) is 87.7 Å². The molecule has 8 heteroatoms. The number of hydrogen-bond acceptors (Lipinski definition) is 4. The van der Waals surface area contributed by atoms with Crippen molar-refractivity contribution in [1.29, 1.82) is 0 Å². The molecule has 3 rings (SSSR count). The minimum atomic E-state index is -1.09. The van der Waals surface area contributed by atoms with Crippen LogP contribution in [0, 0.1) is 11.6 Å². The molecule has 1 atom stereocenters. The third-order valence-electron chi connectivity index (χ3n) is 4.12. The Morgan fingerprint density at radius 2 is 1.82 bits per heavy atom. The number of carbonyl (C=O) groups is 1. The van der Waals surface area contributed by atoms with Gasteiger partial charge in [0.05, 0.1) is 24.9 Å². The van der Waals surface area contributed by atoms with E-state index in [1.54, 1.807) is 6.92 Å². The highest BCUT2D eigenvalue weighted by atomic mass is 19.2. The second-order valence-electron chi connectivity index (χ2n) is 6.02. The van der Waals surface area contributed by atoms with Crippen molar-refractivity contribution < 1.29 is 18.3 Å². The predicted molar refractivity (Wildman–Crippen MR) is 98.6 cm³/mol. The third-order valence-corrected chi connectivity index (χ3v) is 4.12. The van der Waals surface area contributed by atoms with E-state index in [0.717, 1.165) is 28.4 Å². The van der Waals surface area contributed by atoms with Gasteiger partial charge in [-0.2, -0.15) is 5.10 Å². The standard InChI is InChI=1S/C20H17F2N3O3/c1-12(13-6-4-3-5-7-13)23-20(27)19-17(26)11-18(28-2)25(24-19)14-8-9-15(21)16(22)10-14/h3-12H,1-2H3,(H,23,27). The van der Waals surface area contributed by atoms with Gasteiger partial charge < -0.3 is 10.1 Å². The van der Waals surface area contributed by atoms with Crippen LogP contribution in [0.5, 0.6) is 5.88 Å². The highest BCUT2D eigenvalue weighted by molar-refractivity contribution is 5.92. The first-order chi connectivity index (χ1) is 13.4. The van der Waals surface area contributed by atoms with Crippen molar-refractivity contribution >= 4 is 5.91 Å². The van der Waals surface area contributed by atoms with Gasteiger partial charge in [-0.3, -0.25) is 9.59 Å². The van der Waals surface area contributed by atoms with Gasteiger partial charge in [0.1, 0.15) is 0 Å². The molecule has 6 nitrogen and oxygen atoms in total. The van der Waals surface area contributed by atoms with E-state index in [4.69, 9.17) is 4.74 Å². The van der Waals surface area contributed by atoms with Crippen molar-refractivity contribution in [2.75, 3.05) is 7.11 Å². The van der Waals surface area contributed by atoms with Crippen LogP contribution >= 0.6 is 0 Å². The van der Waals surface area contributed by atoms with Gasteiger partial charge in [-0.05, 0) is 24.6 Å². The van der Waals surface area contributed by atoms with E-state index in [9.17, 15) is 18.4 Å². The van der Waals surface area contributed by atoms with Crippen molar-refractivity contribution in [2.24, 2.45) is 0 Å². The Kier molecular flexibility index (Phi) is 5.49. The molecule has 1 unspecified atom stereocenters. The largest absolute Gasteiger partial charge is 0.481 e. The Hall–Kier alpha value is -3.55. The second-order valence-corrected chi connectivity index (χ2v) is 6.02. The number of nitrogens with one attached hydrogen (secondary N) is 1. The van der Waals surface area contributed by atoms with E-state index >= 15 is 0 Å². The summed E-state index contributed by atoms with van der Waals surface area (Å²) < 4.78 is 33.0. The minimum Gasteiger partial charge on any atom is -0.481 e. The van der Waals surface area contributed by atoms with Crippen molar-refractivity contribution in [3.8, 4) is 11.6 Å². The molecule has 1 aromatic heterocycles. The van der Waals surface area contributed by atoms with Crippen LogP contribution in [0.25, 0.3) is 5.69 Å². The van der Waals surface area contributed by atoms with E-state index in [2.05, 4.69) is 10.4 Å². The number of benzene rings is 2. The Balaban J connectivity index is 1.98. The van der Waals surface area contributed by atoms with Crippen LogP contribution in [-0.4, -0.2) is 22.8 Å². The zero-order chi connectivity index (χ0) is 20.3. The van der Waals surface area contributed by atoms with Crippen LogP contribution < -0.4 is 15.5 Å². The van der Waals surface area contributed by atoms with E-state index in [1.807, 2.05) is 30.3 Å². The van der Waals surface area contributed by atoms with Gasteiger partial charge in [0, 0.05) is 6.07 Å². The maximum atomic E-state index is 13.6. The molecule has 0 aliphatic rings. The maximum absolute atomic E-state index is 13.6. The number of hydrogen-bond donors (Lipinski definition) is 1. The molecule has 0 aliphatic carbocycles. The highest BCUT2D eigenvalue weighted by Gasteiger charge is 2.19. The Morgan fingerprint density at radius 1 is 1.11 bits per heavy atom. The lowest BCUT2D eigenvalue weighted by Gasteiger charge is -2.15. The molecular weight excluding hydrogens is 368 g/mol. The zero-order valence-corrected chi connectivity index (χ0v) is 15.1.